The maximum Gasteiger partial charge on any atom is 0.222 e. The van der Waals surface area contributed by atoms with Crippen LogP contribution in [-0.4, -0.2) is 38.8 Å². The second-order valence-electron chi connectivity index (χ2n) is 6.67. The van der Waals surface area contributed by atoms with Crippen LogP contribution >= 0.6 is 24.0 Å². The predicted molar refractivity (Wildman–Crippen MR) is 114 cm³/mol. The van der Waals surface area contributed by atoms with Gasteiger partial charge in [-0.25, -0.2) is 0 Å². The van der Waals surface area contributed by atoms with E-state index in [-0.39, 0.29) is 30.4 Å². The standard InChI is InChI=1S/C21H25ClN2O3.ClH/c1-14-11-16(26-2)7-8-17(14)21(18-5-3-4-6-19(18)22)24-20(25)12-15-13-27-10-9-23-15;/h3-8,11,15,21,23H,9-10,12-13H2,1-2H3,(H,24,25);1H. The molecule has 1 amide bonds. The third-order valence-corrected chi connectivity index (χ3v) is 5.08. The van der Waals surface area contributed by atoms with E-state index in [4.69, 9.17) is 21.1 Å². The zero-order valence-electron chi connectivity index (χ0n) is 16.0. The van der Waals surface area contributed by atoms with E-state index in [1.165, 1.54) is 0 Å². The molecular weight excluding hydrogens is 399 g/mol. The average molecular weight is 425 g/mol. The van der Waals surface area contributed by atoms with Crippen LogP contribution < -0.4 is 15.4 Å². The molecular formula is C21H26Cl2N2O3. The Balaban J connectivity index is 0.00000280. The van der Waals surface area contributed by atoms with Crippen molar-refractivity contribution in [2.24, 2.45) is 0 Å². The number of rotatable bonds is 6. The molecule has 1 fully saturated rings. The van der Waals surface area contributed by atoms with Gasteiger partial charge in [0.15, 0.2) is 0 Å². The molecule has 0 bridgehead atoms. The number of hydrogen-bond acceptors (Lipinski definition) is 4. The highest BCUT2D eigenvalue weighted by molar-refractivity contribution is 6.31. The van der Waals surface area contributed by atoms with Gasteiger partial charge in [0.2, 0.25) is 5.91 Å². The van der Waals surface area contributed by atoms with Crippen LogP contribution in [-0.2, 0) is 9.53 Å². The fraction of sp³-hybridized carbons (Fsp3) is 0.381. The maximum absolute atomic E-state index is 12.7. The molecule has 0 saturated carbocycles. The van der Waals surface area contributed by atoms with E-state index < -0.39 is 0 Å². The van der Waals surface area contributed by atoms with Crippen LogP contribution in [0.5, 0.6) is 5.75 Å². The molecule has 2 aromatic carbocycles. The molecule has 0 aliphatic carbocycles. The van der Waals surface area contributed by atoms with Crippen molar-refractivity contribution in [1.29, 1.82) is 0 Å². The number of nitrogens with one attached hydrogen (secondary N) is 2. The lowest BCUT2D eigenvalue weighted by Crippen LogP contribution is -2.44. The number of aryl methyl sites for hydroxylation is 1. The summed E-state index contributed by atoms with van der Waals surface area (Å²) < 4.78 is 10.7. The van der Waals surface area contributed by atoms with Crippen LogP contribution in [0.4, 0.5) is 0 Å². The summed E-state index contributed by atoms with van der Waals surface area (Å²) >= 11 is 6.45. The number of carbonyl (C=O) groups is 1. The van der Waals surface area contributed by atoms with E-state index in [9.17, 15) is 4.79 Å². The first-order valence-electron chi connectivity index (χ1n) is 9.08. The van der Waals surface area contributed by atoms with E-state index in [1.54, 1.807) is 7.11 Å². The molecule has 1 saturated heterocycles. The number of carbonyl (C=O) groups excluding carboxylic acids is 1. The van der Waals surface area contributed by atoms with Gasteiger partial charge in [-0.15, -0.1) is 12.4 Å². The highest BCUT2D eigenvalue weighted by Crippen LogP contribution is 2.31. The molecule has 28 heavy (non-hydrogen) atoms. The molecule has 1 aliphatic heterocycles. The van der Waals surface area contributed by atoms with E-state index in [0.717, 1.165) is 29.0 Å². The third-order valence-electron chi connectivity index (χ3n) is 4.74. The molecule has 2 aromatic rings. The summed E-state index contributed by atoms with van der Waals surface area (Å²) in [6.45, 7) is 4.00. The Morgan fingerprint density at radius 3 is 2.75 bits per heavy atom. The molecule has 2 unspecified atom stereocenters. The molecule has 5 nitrogen and oxygen atoms in total. The van der Waals surface area contributed by atoms with Gasteiger partial charge >= 0.3 is 0 Å². The monoisotopic (exact) mass is 424 g/mol. The molecule has 0 aromatic heterocycles. The lowest BCUT2D eigenvalue weighted by Gasteiger charge is -2.26. The Hall–Kier alpha value is -1.79. The Morgan fingerprint density at radius 2 is 2.11 bits per heavy atom. The highest BCUT2D eigenvalue weighted by atomic mass is 35.5. The van der Waals surface area contributed by atoms with Gasteiger partial charge in [-0.05, 0) is 41.8 Å². The van der Waals surface area contributed by atoms with Gasteiger partial charge < -0.3 is 20.1 Å². The first-order valence-corrected chi connectivity index (χ1v) is 9.45. The van der Waals surface area contributed by atoms with Crippen molar-refractivity contribution in [3.63, 3.8) is 0 Å². The average Bonchev–Trinajstić information content (AvgIpc) is 2.68. The van der Waals surface area contributed by atoms with E-state index in [2.05, 4.69) is 10.6 Å². The quantitative estimate of drug-likeness (QED) is 0.742. The minimum atomic E-state index is -0.332. The van der Waals surface area contributed by atoms with Crippen molar-refractivity contribution in [3.05, 3.63) is 64.2 Å². The van der Waals surface area contributed by atoms with Gasteiger partial charge in [0.25, 0.3) is 0 Å². The zero-order valence-corrected chi connectivity index (χ0v) is 17.6. The van der Waals surface area contributed by atoms with Crippen LogP contribution in [0.25, 0.3) is 0 Å². The van der Waals surface area contributed by atoms with Crippen LogP contribution in [0.15, 0.2) is 42.5 Å². The van der Waals surface area contributed by atoms with Crippen LogP contribution in [0.3, 0.4) is 0 Å². The highest BCUT2D eigenvalue weighted by Gasteiger charge is 2.23. The lowest BCUT2D eigenvalue weighted by molar-refractivity contribution is -0.122. The van der Waals surface area contributed by atoms with E-state index in [0.29, 0.717) is 24.7 Å². The number of hydrogen-bond donors (Lipinski definition) is 2. The largest absolute Gasteiger partial charge is 0.497 e. The normalized spacial score (nSPS) is 17.3. The van der Waals surface area contributed by atoms with Crippen molar-refractivity contribution < 1.29 is 14.3 Å². The summed E-state index contributed by atoms with van der Waals surface area (Å²) in [5.74, 6) is 0.738. The summed E-state index contributed by atoms with van der Waals surface area (Å²) in [5, 5.41) is 7.09. The number of morpholine rings is 1. The van der Waals surface area contributed by atoms with Gasteiger partial charge in [0.1, 0.15) is 5.75 Å². The van der Waals surface area contributed by atoms with Gasteiger partial charge in [-0.1, -0.05) is 35.9 Å². The van der Waals surface area contributed by atoms with Gasteiger partial charge in [0, 0.05) is 24.0 Å². The van der Waals surface area contributed by atoms with Crippen LogP contribution in [0.1, 0.15) is 29.2 Å². The van der Waals surface area contributed by atoms with Gasteiger partial charge in [-0.2, -0.15) is 0 Å². The predicted octanol–water partition coefficient (Wildman–Crippen LogP) is 3.66. The molecule has 1 aliphatic rings. The number of benzene rings is 2. The van der Waals surface area contributed by atoms with Gasteiger partial charge in [0.05, 0.1) is 26.4 Å². The summed E-state index contributed by atoms with van der Waals surface area (Å²) in [6, 6.07) is 13.1. The first kappa shape index (κ1) is 22.5. The Labute approximate surface area is 177 Å². The molecule has 2 N–H and O–H groups in total. The van der Waals surface area contributed by atoms with Gasteiger partial charge in [-0.3, -0.25) is 4.79 Å². The van der Waals surface area contributed by atoms with E-state index >= 15 is 0 Å². The molecule has 3 rings (SSSR count). The Bertz CT molecular complexity index is 795. The minimum absolute atomic E-state index is 0. The van der Waals surface area contributed by atoms with Crippen molar-refractivity contribution in [2.45, 2.75) is 25.4 Å². The number of amides is 1. The molecule has 152 valence electrons. The zero-order chi connectivity index (χ0) is 19.2. The first-order chi connectivity index (χ1) is 13.1. The number of ether oxygens (including phenoxy) is 2. The van der Waals surface area contributed by atoms with Crippen molar-refractivity contribution in [3.8, 4) is 5.75 Å². The molecule has 1 heterocycles. The number of halogens is 2. The fourth-order valence-electron chi connectivity index (χ4n) is 3.33. The summed E-state index contributed by atoms with van der Waals surface area (Å²) in [5.41, 5.74) is 2.89. The summed E-state index contributed by atoms with van der Waals surface area (Å²) in [4.78, 5) is 12.7. The number of methoxy groups -OCH3 is 1. The Kier molecular flexibility index (Phi) is 8.58. The van der Waals surface area contributed by atoms with Crippen molar-refractivity contribution in [2.75, 3.05) is 26.9 Å². The second-order valence-corrected chi connectivity index (χ2v) is 7.08. The minimum Gasteiger partial charge on any atom is -0.497 e. The topological polar surface area (TPSA) is 59.6 Å². The molecule has 2 atom stereocenters. The lowest BCUT2D eigenvalue weighted by atomic mass is 9.94. The SMILES string of the molecule is COc1ccc(C(NC(=O)CC2COCCN2)c2ccccc2Cl)c(C)c1.Cl. The maximum atomic E-state index is 12.7. The second kappa shape index (κ2) is 10.7. The molecule has 0 spiro atoms. The van der Waals surface area contributed by atoms with Crippen molar-refractivity contribution in [1.82, 2.24) is 10.6 Å². The Morgan fingerprint density at radius 1 is 1.32 bits per heavy atom. The molecule has 0 radical (unpaired) electrons. The smallest absolute Gasteiger partial charge is 0.222 e. The molecule has 7 heteroatoms. The van der Waals surface area contributed by atoms with Crippen LogP contribution in [0, 0.1) is 6.92 Å². The third kappa shape index (κ3) is 5.61. The van der Waals surface area contributed by atoms with E-state index in [1.807, 2.05) is 49.4 Å². The van der Waals surface area contributed by atoms with Crippen molar-refractivity contribution >= 4 is 29.9 Å². The summed E-state index contributed by atoms with van der Waals surface area (Å²) in [6.07, 6.45) is 0.357. The fourth-order valence-corrected chi connectivity index (χ4v) is 3.57. The summed E-state index contributed by atoms with van der Waals surface area (Å²) in [7, 11) is 1.64. The van der Waals surface area contributed by atoms with Crippen LogP contribution in [0.2, 0.25) is 5.02 Å².